The Morgan fingerprint density at radius 3 is 2.18 bits per heavy atom. The number of hydrogen-bond donors (Lipinski definition) is 1. The van der Waals surface area contributed by atoms with Crippen LogP contribution in [0.5, 0.6) is 0 Å². The first-order chi connectivity index (χ1) is 10.9. The highest BCUT2D eigenvalue weighted by molar-refractivity contribution is 7.99. The van der Waals surface area contributed by atoms with Gasteiger partial charge in [-0.2, -0.15) is 0 Å². The molecule has 1 aromatic heterocycles. The molecule has 0 saturated carbocycles. The fourth-order valence-electron chi connectivity index (χ4n) is 2.26. The second-order valence-electron chi connectivity index (χ2n) is 4.89. The lowest BCUT2D eigenvalue weighted by atomic mass is 10.1. The van der Waals surface area contributed by atoms with Gasteiger partial charge in [0.05, 0.1) is 11.4 Å². The third-order valence-electron chi connectivity index (χ3n) is 3.31. The summed E-state index contributed by atoms with van der Waals surface area (Å²) in [5.41, 5.74) is 4.35. The van der Waals surface area contributed by atoms with Crippen molar-refractivity contribution < 1.29 is 0 Å². The molecule has 1 N–H and O–H groups in total. The standard InChI is InChI=1S/C18H17ClN2S/c19-12-7-13-22-18-20-16(14-8-3-1-4-9-14)17(21-18)15-10-5-2-6-11-15/h1-6,8-11H,7,12-13H2,(H,20,21). The molecule has 3 rings (SSSR count). The van der Waals surface area contributed by atoms with Crippen molar-refractivity contribution in [3.8, 4) is 22.5 Å². The van der Waals surface area contributed by atoms with E-state index in [0.717, 1.165) is 39.8 Å². The molecule has 3 aromatic rings. The molecule has 0 fully saturated rings. The second-order valence-corrected chi connectivity index (χ2v) is 6.35. The third kappa shape index (κ3) is 3.54. The summed E-state index contributed by atoms with van der Waals surface area (Å²) in [6.07, 6.45) is 0.980. The van der Waals surface area contributed by atoms with E-state index in [-0.39, 0.29) is 0 Å². The minimum Gasteiger partial charge on any atom is -0.332 e. The molecular weight excluding hydrogens is 312 g/mol. The molecule has 112 valence electrons. The Bertz CT molecular complexity index is 653. The number of nitrogens with one attached hydrogen (secondary N) is 1. The SMILES string of the molecule is ClCCCSc1nc(-c2ccccc2)c(-c2ccccc2)[nH]1. The molecule has 0 spiro atoms. The number of halogens is 1. The van der Waals surface area contributed by atoms with Gasteiger partial charge >= 0.3 is 0 Å². The fourth-order valence-corrected chi connectivity index (χ4v) is 3.37. The van der Waals surface area contributed by atoms with E-state index in [4.69, 9.17) is 16.6 Å². The van der Waals surface area contributed by atoms with Gasteiger partial charge in [0, 0.05) is 22.8 Å². The van der Waals surface area contributed by atoms with Crippen LogP contribution in [-0.2, 0) is 0 Å². The molecule has 2 nitrogen and oxygen atoms in total. The van der Waals surface area contributed by atoms with Crippen LogP contribution in [0.3, 0.4) is 0 Å². The topological polar surface area (TPSA) is 28.7 Å². The maximum atomic E-state index is 5.75. The molecule has 22 heavy (non-hydrogen) atoms. The Hall–Kier alpha value is -1.71. The molecule has 0 amide bonds. The van der Waals surface area contributed by atoms with Crippen LogP contribution in [0, 0.1) is 0 Å². The van der Waals surface area contributed by atoms with Crippen molar-refractivity contribution in [2.24, 2.45) is 0 Å². The molecular formula is C18H17ClN2S. The summed E-state index contributed by atoms with van der Waals surface area (Å²) in [4.78, 5) is 8.26. The summed E-state index contributed by atoms with van der Waals surface area (Å²) in [5, 5.41) is 0.947. The van der Waals surface area contributed by atoms with Crippen LogP contribution in [0.25, 0.3) is 22.5 Å². The van der Waals surface area contributed by atoms with Crippen molar-refractivity contribution in [2.75, 3.05) is 11.6 Å². The summed E-state index contributed by atoms with van der Waals surface area (Å²) >= 11 is 7.47. The van der Waals surface area contributed by atoms with Gasteiger partial charge in [0.15, 0.2) is 5.16 Å². The maximum Gasteiger partial charge on any atom is 0.166 e. The quantitative estimate of drug-likeness (QED) is 0.369. The lowest BCUT2D eigenvalue weighted by Crippen LogP contribution is -1.82. The lowest BCUT2D eigenvalue weighted by molar-refractivity contribution is 1.04. The van der Waals surface area contributed by atoms with Crippen molar-refractivity contribution in [1.29, 1.82) is 0 Å². The van der Waals surface area contributed by atoms with E-state index in [2.05, 4.69) is 29.2 Å². The molecule has 0 aliphatic heterocycles. The molecule has 4 heteroatoms. The number of benzene rings is 2. The molecule has 0 aliphatic carbocycles. The summed E-state index contributed by atoms with van der Waals surface area (Å²) in [5.74, 6) is 1.66. The molecule has 0 atom stereocenters. The van der Waals surface area contributed by atoms with Gasteiger partial charge < -0.3 is 4.98 Å². The first kappa shape index (κ1) is 15.2. The van der Waals surface area contributed by atoms with Crippen LogP contribution in [0.1, 0.15) is 6.42 Å². The van der Waals surface area contributed by atoms with Gasteiger partial charge in [-0.05, 0) is 6.42 Å². The number of aromatic amines is 1. The van der Waals surface area contributed by atoms with Crippen molar-refractivity contribution >= 4 is 23.4 Å². The van der Waals surface area contributed by atoms with Gasteiger partial charge in [0.2, 0.25) is 0 Å². The lowest BCUT2D eigenvalue weighted by Gasteiger charge is -2.02. The zero-order chi connectivity index (χ0) is 15.2. The van der Waals surface area contributed by atoms with E-state index < -0.39 is 0 Å². The normalized spacial score (nSPS) is 10.8. The van der Waals surface area contributed by atoms with Crippen LogP contribution in [0.2, 0.25) is 0 Å². The Labute approximate surface area is 139 Å². The highest BCUT2D eigenvalue weighted by atomic mass is 35.5. The predicted octanol–water partition coefficient (Wildman–Crippen LogP) is 5.46. The average Bonchev–Trinajstić information content (AvgIpc) is 3.01. The number of nitrogens with zero attached hydrogens (tertiary/aromatic N) is 1. The molecule has 0 saturated heterocycles. The van der Waals surface area contributed by atoms with Gasteiger partial charge in [-0.3, -0.25) is 0 Å². The first-order valence-electron chi connectivity index (χ1n) is 7.28. The molecule has 0 aliphatic rings. The second kappa shape index (κ2) is 7.52. The highest BCUT2D eigenvalue weighted by Crippen LogP contribution is 2.32. The van der Waals surface area contributed by atoms with Crippen LogP contribution in [0.4, 0.5) is 0 Å². The monoisotopic (exact) mass is 328 g/mol. The van der Waals surface area contributed by atoms with Crippen molar-refractivity contribution in [1.82, 2.24) is 9.97 Å². The van der Waals surface area contributed by atoms with E-state index in [1.54, 1.807) is 11.8 Å². The first-order valence-corrected chi connectivity index (χ1v) is 8.80. The minimum absolute atomic E-state index is 0.685. The van der Waals surface area contributed by atoms with E-state index in [1.165, 1.54) is 0 Å². The highest BCUT2D eigenvalue weighted by Gasteiger charge is 2.13. The Morgan fingerprint density at radius 2 is 1.55 bits per heavy atom. The average molecular weight is 329 g/mol. The van der Waals surface area contributed by atoms with Crippen molar-refractivity contribution in [2.45, 2.75) is 11.6 Å². The Morgan fingerprint density at radius 1 is 0.909 bits per heavy atom. The summed E-state index contributed by atoms with van der Waals surface area (Å²) in [7, 11) is 0. The predicted molar refractivity (Wildman–Crippen MR) is 95.5 cm³/mol. The van der Waals surface area contributed by atoms with Crippen LogP contribution < -0.4 is 0 Å². The zero-order valence-corrected chi connectivity index (χ0v) is 13.7. The zero-order valence-electron chi connectivity index (χ0n) is 12.1. The van der Waals surface area contributed by atoms with Gasteiger partial charge in [-0.1, -0.05) is 72.4 Å². The number of imidazole rings is 1. The number of aromatic nitrogens is 2. The number of H-pyrrole nitrogens is 1. The van der Waals surface area contributed by atoms with Gasteiger partial charge in [0.25, 0.3) is 0 Å². The van der Waals surface area contributed by atoms with Crippen LogP contribution in [0.15, 0.2) is 65.8 Å². The fraction of sp³-hybridized carbons (Fsp3) is 0.167. The molecule has 2 aromatic carbocycles. The number of thioether (sulfide) groups is 1. The molecule has 0 bridgehead atoms. The summed E-state index contributed by atoms with van der Waals surface area (Å²) < 4.78 is 0. The van der Waals surface area contributed by atoms with E-state index in [9.17, 15) is 0 Å². The van der Waals surface area contributed by atoms with E-state index in [1.807, 2.05) is 36.4 Å². The Kier molecular flexibility index (Phi) is 5.20. The number of rotatable bonds is 6. The molecule has 1 heterocycles. The van der Waals surface area contributed by atoms with Crippen LogP contribution >= 0.6 is 23.4 Å². The summed E-state index contributed by atoms with van der Waals surface area (Å²) in [6.45, 7) is 0. The molecule has 0 unspecified atom stereocenters. The minimum atomic E-state index is 0.685. The number of alkyl halides is 1. The van der Waals surface area contributed by atoms with Gasteiger partial charge in [0.1, 0.15) is 0 Å². The van der Waals surface area contributed by atoms with Crippen molar-refractivity contribution in [3.63, 3.8) is 0 Å². The largest absolute Gasteiger partial charge is 0.332 e. The maximum absolute atomic E-state index is 5.75. The van der Waals surface area contributed by atoms with Crippen LogP contribution in [-0.4, -0.2) is 21.6 Å². The van der Waals surface area contributed by atoms with E-state index >= 15 is 0 Å². The summed E-state index contributed by atoms with van der Waals surface area (Å²) in [6, 6.07) is 20.6. The number of hydrogen-bond acceptors (Lipinski definition) is 2. The van der Waals surface area contributed by atoms with Crippen molar-refractivity contribution in [3.05, 3.63) is 60.7 Å². The molecule has 0 radical (unpaired) electrons. The van der Waals surface area contributed by atoms with E-state index in [0.29, 0.717) is 5.88 Å². The van der Waals surface area contributed by atoms with Gasteiger partial charge in [-0.25, -0.2) is 4.98 Å². The van der Waals surface area contributed by atoms with Gasteiger partial charge in [-0.15, -0.1) is 11.6 Å². The Balaban J connectivity index is 1.99. The smallest absolute Gasteiger partial charge is 0.166 e. The third-order valence-corrected chi connectivity index (χ3v) is 4.54.